The topological polar surface area (TPSA) is 33.6 Å². The first-order valence-electron chi connectivity index (χ1n) is 16.2. The lowest BCUT2D eigenvalue weighted by atomic mass is 9.99. The van der Waals surface area contributed by atoms with Gasteiger partial charge in [-0.3, -0.25) is 0 Å². The van der Waals surface area contributed by atoms with E-state index in [9.17, 15) is 5.26 Å². The third-order valence-corrected chi connectivity index (χ3v) is 9.90. The van der Waals surface area contributed by atoms with E-state index in [1.54, 1.807) is 0 Å². The van der Waals surface area contributed by atoms with E-state index in [0.29, 0.717) is 5.56 Å². The third-order valence-electron chi connectivity index (χ3n) is 9.90. The van der Waals surface area contributed by atoms with Gasteiger partial charge in [-0.15, -0.1) is 0 Å². The van der Waals surface area contributed by atoms with Gasteiger partial charge in [-0.2, -0.15) is 5.26 Å². The highest BCUT2D eigenvalue weighted by Gasteiger charge is 2.19. The molecular formula is C45H27N3. The van der Waals surface area contributed by atoms with Gasteiger partial charge in [0.05, 0.1) is 33.7 Å². The Kier molecular flexibility index (Phi) is 5.64. The van der Waals surface area contributed by atoms with Crippen molar-refractivity contribution in [2.75, 3.05) is 0 Å². The quantitative estimate of drug-likeness (QED) is 0.183. The Morgan fingerprint density at radius 1 is 0.396 bits per heavy atom. The molecule has 0 aliphatic heterocycles. The molecule has 0 bridgehead atoms. The fourth-order valence-corrected chi connectivity index (χ4v) is 7.77. The Morgan fingerprint density at radius 2 is 1.06 bits per heavy atom. The maximum atomic E-state index is 9.57. The molecule has 222 valence electrons. The summed E-state index contributed by atoms with van der Waals surface area (Å²) in [5.74, 6) is 0. The van der Waals surface area contributed by atoms with Crippen molar-refractivity contribution in [3.63, 3.8) is 0 Å². The number of nitriles is 1. The normalized spacial score (nSPS) is 11.7. The molecule has 0 N–H and O–H groups in total. The number of nitrogens with zero attached hydrogens (tertiary/aromatic N) is 3. The number of rotatable bonds is 3. The first-order valence-corrected chi connectivity index (χ1v) is 16.2. The van der Waals surface area contributed by atoms with Crippen molar-refractivity contribution in [2.24, 2.45) is 0 Å². The van der Waals surface area contributed by atoms with Crippen molar-refractivity contribution in [1.29, 1.82) is 5.26 Å². The smallest absolute Gasteiger partial charge is 0.0991 e. The molecule has 2 aromatic heterocycles. The molecule has 0 spiro atoms. The molecule has 0 aliphatic rings. The van der Waals surface area contributed by atoms with Crippen LogP contribution in [0.5, 0.6) is 0 Å². The van der Waals surface area contributed by atoms with E-state index >= 15 is 0 Å². The largest absolute Gasteiger partial charge is 0.309 e. The summed E-state index contributed by atoms with van der Waals surface area (Å²) in [6, 6.07) is 60.9. The third kappa shape index (κ3) is 3.81. The maximum Gasteiger partial charge on any atom is 0.0991 e. The van der Waals surface area contributed by atoms with Gasteiger partial charge in [0.2, 0.25) is 0 Å². The van der Waals surface area contributed by atoms with E-state index < -0.39 is 0 Å². The van der Waals surface area contributed by atoms with Gasteiger partial charge in [0.25, 0.3) is 0 Å². The van der Waals surface area contributed by atoms with Gasteiger partial charge < -0.3 is 9.13 Å². The predicted octanol–water partition coefficient (Wildman–Crippen LogP) is 11.7. The molecule has 0 aliphatic carbocycles. The molecule has 0 radical (unpaired) electrons. The predicted molar refractivity (Wildman–Crippen MR) is 200 cm³/mol. The number of hydrogen-bond donors (Lipinski definition) is 0. The van der Waals surface area contributed by atoms with E-state index in [4.69, 9.17) is 0 Å². The molecule has 8 aromatic carbocycles. The summed E-state index contributed by atoms with van der Waals surface area (Å²) >= 11 is 0. The summed E-state index contributed by atoms with van der Waals surface area (Å²) in [6.45, 7) is 0. The second-order valence-corrected chi connectivity index (χ2v) is 12.5. The molecule has 10 aromatic rings. The number of para-hydroxylation sites is 4. The van der Waals surface area contributed by atoms with Gasteiger partial charge in [0.15, 0.2) is 0 Å². The van der Waals surface area contributed by atoms with Crippen LogP contribution in [0.2, 0.25) is 0 Å². The Balaban J connectivity index is 1.26. The summed E-state index contributed by atoms with van der Waals surface area (Å²) in [6.07, 6.45) is 0. The molecule has 0 fully saturated rings. The van der Waals surface area contributed by atoms with Crippen LogP contribution in [0.3, 0.4) is 0 Å². The van der Waals surface area contributed by atoms with E-state index in [0.717, 1.165) is 32.9 Å². The molecule has 3 nitrogen and oxygen atoms in total. The van der Waals surface area contributed by atoms with E-state index in [1.165, 1.54) is 54.7 Å². The van der Waals surface area contributed by atoms with Gasteiger partial charge in [-0.05, 0) is 81.7 Å². The summed E-state index contributed by atoms with van der Waals surface area (Å²) in [5, 5.41) is 19.0. The van der Waals surface area contributed by atoms with Crippen LogP contribution in [0.1, 0.15) is 5.56 Å². The highest BCUT2D eigenvalue weighted by Crippen LogP contribution is 2.41. The van der Waals surface area contributed by atoms with Gasteiger partial charge >= 0.3 is 0 Å². The molecule has 2 heterocycles. The molecule has 48 heavy (non-hydrogen) atoms. The van der Waals surface area contributed by atoms with Crippen LogP contribution in [0.25, 0.3) is 87.7 Å². The van der Waals surface area contributed by atoms with Crippen molar-refractivity contribution >= 4 is 65.2 Å². The molecule has 0 saturated heterocycles. The Hall–Kier alpha value is -6.63. The number of aromatic nitrogens is 2. The Morgan fingerprint density at radius 3 is 1.90 bits per heavy atom. The first-order chi connectivity index (χ1) is 23.8. The second-order valence-electron chi connectivity index (χ2n) is 12.5. The SMILES string of the molecule is N#Cc1ccc2ccc3cc(-n4c5ccccc5c5cccc(-c6ccc7c8ccccc8n(-c8ccccc8)c7c6)c54)ccc3c2c1. The molecule has 0 unspecified atom stereocenters. The summed E-state index contributed by atoms with van der Waals surface area (Å²) in [7, 11) is 0. The zero-order chi connectivity index (χ0) is 31.8. The average Bonchev–Trinajstić information content (AvgIpc) is 3.67. The molecule has 0 saturated carbocycles. The summed E-state index contributed by atoms with van der Waals surface area (Å²) in [5.41, 5.74) is 10.0. The van der Waals surface area contributed by atoms with Crippen molar-refractivity contribution in [1.82, 2.24) is 9.13 Å². The van der Waals surface area contributed by atoms with Crippen LogP contribution in [0, 0.1) is 11.3 Å². The molecule has 10 rings (SSSR count). The van der Waals surface area contributed by atoms with Crippen LogP contribution in [0.4, 0.5) is 0 Å². The zero-order valence-corrected chi connectivity index (χ0v) is 25.9. The Bertz CT molecular complexity index is 2950. The lowest BCUT2D eigenvalue weighted by molar-refractivity contribution is 1.18. The molecule has 0 atom stereocenters. The van der Waals surface area contributed by atoms with Crippen molar-refractivity contribution in [3.8, 4) is 28.6 Å². The van der Waals surface area contributed by atoms with Crippen molar-refractivity contribution in [2.45, 2.75) is 0 Å². The van der Waals surface area contributed by atoms with E-state index in [2.05, 4.69) is 161 Å². The van der Waals surface area contributed by atoms with Crippen LogP contribution in [-0.4, -0.2) is 9.13 Å². The average molecular weight is 610 g/mol. The van der Waals surface area contributed by atoms with E-state index in [-0.39, 0.29) is 0 Å². The van der Waals surface area contributed by atoms with Crippen LogP contribution in [-0.2, 0) is 0 Å². The number of hydrogen-bond acceptors (Lipinski definition) is 1. The standard InChI is InChI=1S/C45H27N3/c46-28-29-17-18-30-19-20-31-26-34(22-24-35(31)41(30)25-29)48-43-16-7-5-12-38(43)40-14-8-13-36(45(40)48)32-21-23-39-37-11-4-6-15-42(37)47(44(39)27-32)33-9-2-1-3-10-33/h1-27H. The number of benzene rings is 8. The van der Waals surface area contributed by atoms with Crippen molar-refractivity contribution < 1.29 is 0 Å². The fourth-order valence-electron chi connectivity index (χ4n) is 7.77. The molecular weight excluding hydrogens is 583 g/mol. The van der Waals surface area contributed by atoms with Crippen LogP contribution < -0.4 is 0 Å². The van der Waals surface area contributed by atoms with Crippen LogP contribution >= 0.6 is 0 Å². The summed E-state index contributed by atoms with van der Waals surface area (Å²) < 4.78 is 4.81. The minimum absolute atomic E-state index is 0.675. The van der Waals surface area contributed by atoms with Gasteiger partial charge in [-0.1, -0.05) is 109 Å². The van der Waals surface area contributed by atoms with Gasteiger partial charge in [0.1, 0.15) is 0 Å². The molecule has 3 heteroatoms. The van der Waals surface area contributed by atoms with Crippen molar-refractivity contribution in [3.05, 3.63) is 169 Å². The maximum absolute atomic E-state index is 9.57. The highest BCUT2D eigenvalue weighted by molar-refractivity contribution is 6.16. The zero-order valence-electron chi connectivity index (χ0n) is 25.9. The highest BCUT2D eigenvalue weighted by atomic mass is 15.0. The first kappa shape index (κ1) is 26.6. The minimum Gasteiger partial charge on any atom is -0.309 e. The van der Waals surface area contributed by atoms with Gasteiger partial charge in [0, 0.05) is 38.5 Å². The minimum atomic E-state index is 0.675. The Labute approximate surface area is 276 Å². The summed E-state index contributed by atoms with van der Waals surface area (Å²) in [4.78, 5) is 0. The number of fused-ring (bicyclic) bond motifs is 9. The second kappa shape index (κ2) is 10.2. The fraction of sp³-hybridized carbons (Fsp3) is 0. The molecule has 0 amide bonds. The lowest BCUT2D eigenvalue weighted by Gasteiger charge is -2.14. The van der Waals surface area contributed by atoms with E-state index in [1.807, 2.05) is 18.2 Å². The van der Waals surface area contributed by atoms with Gasteiger partial charge in [-0.25, -0.2) is 0 Å². The van der Waals surface area contributed by atoms with Crippen LogP contribution in [0.15, 0.2) is 164 Å². The monoisotopic (exact) mass is 609 g/mol. The lowest BCUT2D eigenvalue weighted by Crippen LogP contribution is -1.96.